The highest BCUT2D eigenvalue weighted by atomic mass is 16.4. The summed E-state index contributed by atoms with van der Waals surface area (Å²) in [5.74, 6) is -1.42. The van der Waals surface area contributed by atoms with Crippen molar-refractivity contribution in [1.29, 1.82) is 0 Å². The van der Waals surface area contributed by atoms with Gasteiger partial charge in [-0.1, -0.05) is 13.3 Å². The van der Waals surface area contributed by atoms with E-state index in [1.54, 1.807) is 6.92 Å². The summed E-state index contributed by atoms with van der Waals surface area (Å²) in [5, 5.41) is 11.5. The van der Waals surface area contributed by atoms with Crippen molar-refractivity contribution in [3.8, 4) is 0 Å². The number of hydrogen-bond donors (Lipinski definition) is 2. The molecule has 2 amide bonds. The van der Waals surface area contributed by atoms with Gasteiger partial charge in [0.2, 0.25) is 0 Å². The second kappa shape index (κ2) is 7.64. The molecule has 0 aliphatic carbocycles. The van der Waals surface area contributed by atoms with Crippen molar-refractivity contribution < 1.29 is 14.7 Å². The highest BCUT2D eigenvalue weighted by molar-refractivity contribution is 5.76. The molecule has 2 heterocycles. The monoisotopic (exact) mass is 297 g/mol. The van der Waals surface area contributed by atoms with Gasteiger partial charge in [0, 0.05) is 25.7 Å². The second-order valence-corrected chi connectivity index (χ2v) is 6.24. The molecule has 21 heavy (non-hydrogen) atoms. The van der Waals surface area contributed by atoms with Crippen LogP contribution < -0.4 is 5.32 Å². The highest BCUT2D eigenvalue weighted by Gasteiger charge is 2.27. The molecular formula is C15H27N3O3. The van der Waals surface area contributed by atoms with E-state index in [1.807, 2.05) is 4.90 Å². The Morgan fingerprint density at radius 2 is 1.76 bits per heavy atom. The summed E-state index contributed by atoms with van der Waals surface area (Å²) in [6, 6.07) is 0.493. The van der Waals surface area contributed by atoms with Gasteiger partial charge < -0.3 is 20.2 Å². The average Bonchev–Trinajstić information content (AvgIpc) is 2.53. The quantitative estimate of drug-likeness (QED) is 0.822. The number of rotatable bonds is 4. The van der Waals surface area contributed by atoms with E-state index in [4.69, 9.17) is 5.11 Å². The molecule has 2 aliphatic heterocycles. The molecule has 6 heteroatoms. The lowest BCUT2D eigenvalue weighted by molar-refractivity contribution is -0.140. The number of nitrogens with zero attached hydrogens (tertiary/aromatic N) is 2. The van der Waals surface area contributed by atoms with E-state index in [0.29, 0.717) is 6.04 Å². The summed E-state index contributed by atoms with van der Waals surface area (Å²) in [6.07, 6.45) is 6.00. The first-order valence-corrected chi connectivity index (χ1v) is 8.07. The minimum absolute atomic E-state index is 0.125. The largest absolute Gasteiger partial charge is 0.481 e. The Hall–Kier alpha value is -1.30. The lowest BCUT2D eigenvalue weighted by Crippen LogP contribution is -2.51. The number of amides is 2. The van der Waals surface area contributed by atoms with Crippen molar-refractivity contribution in [2.75, 3.05) is 32.7 Å². The maximum Gasteiger partial charge on any atom is 0.317 e. The van der Waals surface area contributed by atoms with Gasteiger partial charge in [0.05, 0.1) is 5.92 Å². The van der Waals surface area contributed by atoms with Gasteiger partial charge in [-0.25, -0.2) is 4.79 Å². The van der Waals surface area contributed by atoms with Gasteiger partial charge >= 0.3 is 12.0 Å². The molecule has 0 spiro atoms. The first-order valence-electron chi connectivity index (χ1n) is 8.07. The third kappa shape index (κ3) is 4.59. The van der Waals surface area contributed by atoms with Gasteiger partial charge in [0.15, 0.2) is 0 Å². The Labute approximate surface area is 126 Å². The number of carbonyl (C=O) groups is 2. The molecule has 1 unspecified atom stereocenters. The molecule has 0 aromatic rings. The minimum Gasteiger partial charge on any atom is -0.481 e. The number of nitrogens with one attached hydrogen (secondary N) is 1. The maximum atomic E-state index is 12.0. The van der Waals surface area contributed by atoms with Crippen LogP contribution in [0.15, 0.2) is 0 Å². The molecule has 2 rings (SSSR count). The third-order valence-corrected chi connectivity index (χ3v) is 4.64. The second-order valence-electron chi connectivity index (χ2n) is 6.24. The molecule has 2 aliphatic rings. The van der Waals surface area contributed by atoms with Gasteiger partial charge in [-0.2, -0.15) is 0 Å². The van der Waals surface area contributed by atoms with Crippen molar-refractivity contribution in [1.82, 2.24) is 15.1 Å². The van der Waals surface area contributed by atoms with E-state index in [0.717, 1.165) is 25.9 Å². The number of carboxylic acids is 1. The topological polar surface area (TPSA) is 72.9 Å². The fourth-order valence-corrected chi connectivity index (χ4v) is 3.16. The van der Waals surface area contributed by atoms with Crippen LogP contribution in [0.25, 0.3) is 0 Å². The molecule has 0 radical (unpaired) electrons. The van der Waals surface area contributed by atoms with Gasteiger partial charge in [-0.05, 0) is 38.8 Å². The number of aliphatic carboxylic acids is 1. The predicted octanol–water partition coefficient (Wildman–Crippen LogP) is 1.37. The van der Waals surface area contributed by atoms with E-state index in [2.05, 4.69) is 10.2 Å². The SMILES string of the molecule is CC(CNC(=O)N1CCC(N2CCCCC2)CC1)C(=O)O. The smallest absolute Gasteiger partial charge is 0.317 e. The van der Waals surface area contributed by atoms with Crippen LogP contribution in [-0.2, 0) is 4.79 Å². The summed E-state index contributed by atoms with van der Waals surface area (Å²) >= 11 is 0. The van der Waals surface area contributed by atoms with E-state index >= 15 is 0 Å². The van der Waals surface area contributed by atoms with Crippen LogP contribution in [0.3, 0.4) is 0 Å². The van der Waals surface area contributed by atoms with Crippen molar-refractivity contribution >= 4 is 12.0 Å². The fraction of sp³-hybridized carbons (Fsp3) is 0.867. The van der Waals surface area contributed by atoms with Gasteiger partial charge in [0.25, 0.3) is 0 Å². The number of urea groups is 1. The zero-order valence-corrected chi connectivity index (χ0v) is 12.9. The van der Waals surface area contributed by atoms with Crippen LogP contribution in [-0.4, -0.2) is 65.7 Å². The van der Waals surface area contributed by atoms with E-state index in [9.17, 15) is 9.59 Å². The lowest BCUT2D eigenvalue weighted by Gasteiger charge is -2.40. The molecule has 2 N–H and O–H groups in total. The molecule has 2 fully saturated rings. The van der Waals surface area contributed by atoms with Crippen molar-refractivity contribution in [3.05, 3.63) is 0 Å². The Balaban J connectivity index is 1.70. The Kier molecular flexibility index (Phi) is 5.85. The molecule has 0 saturated carbocycles. The molecule has 2 saturated heterocycles. The van der Waals surface area contributed by atoms with Crippen LogP contribution in [0.2, 0.25) is 0 Å². The molecule has 0 bridgehead atoms. The number of carbonyl (C=O) groups excluding carboxylic acids is 1. The Morgan fingerprint density at radius 3 is 2.33 bits per heavy atom. The summed E-state index contributed by atoms with van der Waals surface area (Å²) in [7, 11) is 0. The maximum absolute atomic E-state index is 12.0. The van der Waals surface area contributed by atoms with E-state index in [-0.39, 0.29) is 12.6 Å². The van der Waals surface area contributed by atoms with Crippen molar-refractivity contribution in [2.45, 2.75) is 45.1 Å². The number of carboxylic acid groups (broad SMARTS) is 1. The highest BCUT2D eigenvalue weighted by Crippen LogP contribution is 2.20. The van der Waals surface area contributed by atoms with Crippen molar-refractivity contribution in [3.63, 3.8) is 0 Å². The molecule has 120 valence electrons. The van der Waals surface area contributed by atoms with E-state index in [1.165, 1.54) is 32.4 Å². The summed E-state index contributed by atoms with van der Waals surface area (Å²) < 4.78 is 0. The molecule has 0 aromatic heterocycles. The van der Waals surface area contributed by atoms with Crippen LogP contribution >= 0.6 is 0 Å². The molecule has 1 atom stereocenters. The Bertz CT molecular complexity index is 361. The fourth-order valence-electron chi connectivity index (χ4n) is 3.16. The minimum atomic E-state index is -0.876. The van der Waals surface area contributed by atoms with Crippen molar-refractivity contribution in [2.24, 2.45) is 5.92 Å². The number of likely N-dealkylation sites (tertiary alicyclic amines) is 2. The van der Waals surface area contributed by atoms with Crippen LogP contribution in [0, 0.1) is 5.92 Å². The average molecular weight is 297 g/mol. The predicted molar refractivity (Wildman–Crippen MR) is 80.2 cm³/mol. The number of piperidine rings is 2. The van der Waals surface area contributed by atoms with Crippen LogP contribution in [0.4, 0.5) is 4.79 Å². The van der Waals surface area contributed by atoms with Gasteiger partial charge in [-0.15, -0.1) is 0 Å². The number of hydrogen-bond acceptors (Lipinski definition) is 3. The normalized spacial score (nSPS) is 22.8. The summed E-state index contributed by atoms with van der Waals surface area (Å²) in [6.45, 7) is 5.74. The third-order valence-electron chi connectivity index (χ3n) is 4.64. The summed E-state index contributed by atoms with van der Waals surface area (Å²) in [5.41, 5.74) is 0. The molecular weight excluding hydrogens is 270 g/mol. The Morgan fingerprint density at radius 1 is 1.14 bits per heavy atom. The van der Waals surface area contributed by atoms with Crippen LogP contribution in [0.5, 0.6) is 0 Å². The first kappa shape index (κ1) is 16.1. The summed E-state index contributed by atoms with van der Waals surface area (Å²) in [4.78, 5) is 27.1. The first-order chi connectivity index (χ1) is 10.1. The molecule has 0 aromatic carbocycles. The van der Waals surface area contributed by atoms with Gasteiger partial charge in [0.1, 0.15) is 0 Å². The standard InChI is InChI=1S/C15H27N3O3/c1-12(14(19)20)11-16-15(21)18-9-5-13(6-10-18)17-7-3-2-4-8-17/h12-13H,2-11H2,1H3,(H,16,21)(H,19,20). The zero-order chi connectivity index (χ0) is 15.2. The molecule has 6 nitrogen and oxygen atoms in total. The van der Waals surface area contributed by atoms with Gasteiger partial charge in [-0.3, -0.25) is 4.79 Å². The van der Waals surface area contributed by atoms with E-state index < -0.39 is 11.9 Å². The zero-order valence-electron chi connectivity index (χ0n) is 12.9. The van der Waals surface area contributed by atoms with Crippen LogP contribution in [0.1, 0.15) is 39.0 Å². The lowest BCUT2D eigenvalue weighted by atomic mass is 10.00.